The van der Waals surface area contributed by atoms with Gasteiger partial charge in [-0.15, -0.1) is 0 Å². The molecule has 1 aromatic carbocycles. The first-order valence-corrected chi connectivity index (χ1v) is 9.47. The van der Waals surface area contributed by atoms with Crippen molar-refractivity contribution in [2.75, 3.05) is 18.4 Å². The molecule has 1 fully saturated rings. The lowest BCUT2D eigenvalue weighted by Crippen LogP contribution is -2.34. The van der Waals surface area contributed by atoms with Crippen LogP contribution in [0.3, 0.4) is 0 Å². The highest BCUT2D eigenvalue weighted by molar-refractivity contribution is 5.96. The predicted octanol–water partition coefficient (Wildman–Crippen LogP) is 2.85. The Morgan fingerprint density at radius 1 is 1.04 bits per heavy atom. The molecule has 3 N–H and O–H groups in total. The second-order valence-corrected chi connectivity index (χ2v) is 6.91. The fourth-order valence-corrected chi connectivity index (χ4v) is 3.32. The molecule has 1 aromatic rings. The molecule has 0 saturated heterocycles. The van der Waals surface area contributed by atoms with Crippen molar-refractivity contribution in [2.45, 2.75) is 51.9 Å². The molecule has 1 aliphatic carbocycles. The molecule has 0 spiro atoms. The minimum atomic E-state index is -0.228. The number of benzene rings is 1. The molecule has 0 atom stereocenters. The summed E-state index contributed by atoms with van der Waals surface area (Å²) in [6, 6.07) is 6.75. The van der Waals surface area contributed by atoms with Crippen LogP contribution < -0.4 is 16.0 Å². The highest BCUT2D eigenvalue weighted by Crippen LogP contribution is 2.27. The highest BCUT2D eigenvalue weighted by Gasteiger charge is 2.14. The Bertz CT molecular complexity index is 624. The van der Waals surface area contributed by atoms with Crippen molar-refractivity contribution >= 4 is 23.4 Å². The zero-order chi connectivity index (χ0) is 18.8. The van der Waals surface area contributed by atoms with Crippen molar-refractivity contribution in [1.29, 1.82) is 0 Å². The van der Waals surface area contributed by atoms with Crippen molar-refractivity contribution in [3.05, 3.63) is 29.8 Å². The summed E-state index contributed by atoms with van der Waals surface area (Å²) in [5.41, 5.74) is 1.06. The highest BCUT2D eigenvalue weighted by atomic mass is 16.2. The molecule has 26 heavy (non-hydrogen) atoms. The van der Waals surface area contributed by atoms with Crippen LogP contribution in [0.2, 0.25) is 0 Å². The van der Waals surface area contributed by atoms with Crippen molar-refractivity contribution < 1.29 is 14.4 Å². The summed E-state index contributed by atoms with van der Waals surface area (Å²) in [7, 11) is 0. The van der Waals surface area contributed by atoms with E-state index in [1.165, 1.54) is 39.0 Å². The minimum absolute atomic E-state index is 0.0532. The number of anilines is 1. The fraction of sp³-hybridized carbons (Fsp3) is 0.550. The number of carbonyl (C=O) groups is 3. The molecule has 0 aromatic heterocycles. The quantitative estimate of drug-likeness (QED) is 0.624. The van der Waals surface area contributed by atoms with Crippen LogP contribution in [0.15, 0.2) is 24.3 Å². The molecule has 6 heteroatoms. The lowest BCUT2D eigenvalue weighted by atomic mass is 9.86. The van der Waals surface area contributed by atoms with Crippen LogP contribution >= 0.6 is 0 Å². The van der Waals surface area contributed by atoms with E-state index in [9.17, 15) is 14.4 Å². The lowest BCUT2D eigenvalue weighted by Gasteiger charge is -2.20. The minimum Gasteiger partial charge on any atom is -0.354 e. The van der Waals surface area contributed by atoms with Crippen LogP contribution in [0, 0.1) is 5.92 Å². The van der Waals surface area contributed by atoms with Gasteiger partial charge < -0.3 is 16.0 Å². The van der Waals surface area contributed by atoms with E-state index in [1.807, 2.05) is 0 Å². The molecule has 0 radical (unpaired) electrons. The van der Waals surface area contributed by atoms with Gasteiger partial charge in [0, 0.05) is 37.7 Å². The van der Waals surface area contributed by atoms with Crippen LogP contribution in [0.5, 0.6) is 0 Å². The van der Waals surface area contributed by atoms with Crippen LogP contribution in [0.4, 0.5) is 5.69 Å². The van der Waals surface area contributed by atoms with Crippen molar-refractivity contribution in [2.24, 2.45) is 5.92 Å². The monoisotopic (exact) mass is 359 g/mol. The van der Waals surface area contributed by atoms with Crippen LogP contribution in [-0.2, 0) is 9.59 Å². The molecule has 1 saturated carbocycles. The second kappa shape index (κ2) is 10.6. The van der Waals surface area contributed by atoms with E-state index in [2.05, 4.69) is 16.0 Å². The van der Waals surface area contributed by atoms with Gasteiger partial charge in [0.2, 0.25) is 11.8 Å². The molecule has 2 rings (SSSR count). The van der Waals surface area contributed by atoms with Gasteiger partial charge in [0.05, 0.1) is 0 Å². The summed E-state index contributed by atoms with van der Waals surface area (Å²) < 4.78 is 0. The molecule has 0 bridgehead atoms. The van der Waals surface area contributed by atoms with Gasteiger partial charge in [-0.2, -0.15) is 0 Å². The molecule has 3 amide bonds. The summed E-state index contributed by atoms with van der Waals surface area (Å²) in [6.07, 6.45) is 7.95. The summed E-state index contributed by atoms with van der Waals surface area (Å²) in [6.45, 7) is 2.21. The summed E-state index contributed by atoms with van der Waals surface area (Å²) in [4.78, 5) is 35.1. The summed E-state index contributed by atoms with van der Waals surface area (Å²) in [5.74, 6) is 0.342. The maximum atomic E-state index is 12.1. The van der Waals surface area contributed by atoms with Gasteiger partial charge in [-0.3, -0.25) is 14.4 Å². The molecule has 0 aliphatic heterocycles. The van der Waals surface area contributed by atoms with Crippen molar-refractivity contribution in [3.8, 4) is 0 Å². The Morgan fingerprint density at radius 3 is 2.50 bits per heavy atom. The standard InChI is InChI=1S/C20H29N3O3/c1-15(24)23-18-9-5-8-17(14-18)20(26)22-13-12-21-19(25)11-10-16-6-3-2-4-7-16/h5,8-9,14,16H,2-4,6-7,10-13H2,1H3,(H,21,25)(H,22,26)(H,23,24). The van der Waals surface area contributed by atoms with E-state index < -0.39 is 0 Å². The maximum absolute atomic E-state index is 12.1. The predicted molar refractivity (Wildman–Crippen MR) is 102 cm³/mol. The van der Waals surface area contributed by atoms with Gasteiger partial charge in [0.15, 0.2) is 0 Å². The Morgan fingerprint density at radius 2 is 1.77 bits per heavy atom. The lowest BCUT2D eigenvalue weighted by molar-refractivity contribution is -0.121. The molecule has 1 aliphatic rings. The smallest absolute Gasteiger partial charge is 0.251 e. The Labute approximate surface area is 155 Å². The number of amides is 3. The van der Waals surface area contributed by atoms with E-state index in [0.717, 1.165) is 6.42 Å². The number of hydrogen-bond acceptors (Lipinski definition) is 3. The van der Waals surface area contributed by atoms with E-state index in [0.29, 0.717) is 36.7 Å². The topological polar surface area (TPSA) is 87.3 Å². The van der Waals surface area contributed by atoms with E-state index in [4.69, 9.17) is 0 Å². The molecule has 142 valence electrons. The molecule has 0 unspecified atom stereocenters. The first-order valence-electron chi connectivity index (χ1n) is 9.47. The van der Waals surface area contributed by atoms with Gasteiger partial charge in [-0.1, -0.05) is 38.2 Å². The first-order chi connectivity index (χ1) is 12.5. The van der Waals surface area contributed by atoms with Gasteiger partial charge in [0.25, 0.3) is 5.91 Å². The summed E-state index contributed by atoms with van der Waals surface area (Å²) in [5, 5.41) is 8.28. The largest absolute Gasteiger partial charge is 0.354 e. The first kappa shape index (κ1) is 19.9. The van der Waals surface area contributed by atoms with E-state index >= 15 is 0 Å². The SMILES string of the molecule is CC(=O)Nc1cccc(C(=O)NCCNC(=O)CCC2CCCCC2)c1. The van der Waals surface area contributed by atoms with Crippen LogP contribution in [0.25, 0.3) is 0 Å². The van der Waals surface area contributed by atoms with Crippen molar-refractivity contribution in [1.82, 2.24) is 10.6 Å². The summed E-state index contributed by atoms with van der Waals surface area (Å²) >= 11 is 0. The van der Waals surface area contributed by atoms with Crippen LogP contribution in [-0.4, -0.2) is 30.8 Å². The third-order valence-corrected chi connectivity index (χ3v) is 4.68. The zero-order valence-corrected chi connectivity index (χ0v) is 15.5. The molecular formula is C20H29N3O3. The zero-order valence-electron chi connectivity index (χ0n) is 15.5. The molecule has 0 heterocycles. The number of nitrogens with one attached hydrogen (secondary N) is 3. The maximum Gasteiger partial charge on any atom is 0.251 e. The van der Waals surface area contributed by atoms with Gasteiger partial charge in [-0.25, -0.2) is 0 Å². The van der Waals surface area contributed by atoms with Gasteiger partial charge in [-0.05, 0) is 30.5 Å². The van der Waals surface area contributed by atoms with E-state index in [1.54, 1.807) is 24.3 Å². The number of hydrogen-bond donors (Lipinski definition) is 3. The third kappa shape index (κ3) is 7.25. The average Bonchev–Trinajstić information content (AvgIpc) is 2.64. The van der Waals surface area contributed by atoms with Crippen LogP contribution in [0.1, 0.15) is 62.2 Å². The molecule has 6 nitrogen and oxygen atoms in total. The molecular weight excluding hydrogens is 330 g/mol. The number of carbonyl (C=O) groups excluding carboxylic acids is 3. The van der Waals surface area contributed by atoms with Gasteiger partial charge in [0.1, 0.15) is 0 Å². The Balaban J connectivity index is 1.63. The Kier molecular flexibility index (Phi) is 8.12. The normalized spacial score (nSPS) is 14.5. The third-order valence-electron chi connectivity index (χ3n) is 4.68. The van der Waals surface area contributed by atoms with Gasteiger partial charge >= 0.3 is 0 Å². The second-order valence-electron chi connectivity index (χ2n) is 6.91. The Hall–Kier alpha value is -2.37. The average molecular weight is 359 g/mol. The van der Waals surface area contributed by atoms with E-state index in [-0.39, 0.29) is 17.7 Å². The van der Waals surface area contributed by atoms with Crippen molar-refractivity contribution in [3.63, 3.8) is 0 Å². The fourth-order valence-electron chi connectivity index (χ4n) is 3.32. The number of rotatable bonds is 8.